The number of fused-ring (bicyclic) bond motifs is 1. The van der Waals surface area contributed by atoms with E-state index in [1.165, 1.54) is 11.1 Å². The first-order valence-electron chi connectivity index (χ1n) is 7.61. The van der Waals surface area contributed by atoms with Gasteiger partial charge >= 0.3 is 0 Å². The first-order valence-corrected chi connectivity index (χ1v) is 7.61. The molecule has 4 rings (SSSR count). The summed E-state index contributed by atoms with van der Waals surface area (Å²) in [5.74, 6) is 0.978. The van der Waals surface area contributed by atoms with Gasteiger partial charge in [-0.15, -0.1) is 0 Å². The predicted molar refractivity (Wildman–Crippen MR) is 82.7 cm³/mol. The molecule has 2 heterocycles. The van der Waals surface area contributed by atoms with Crippen LogP contribution in [0.4, 0.5) is 0 Å². The molecule has 1 aromatic rings. The van der Waals surface area contributed by atoms with Crippen LogP contribution < -0.4 is 4.74 Å². The Kier molecular flexibility index (Phi) is 2.91. The van der Waals surface area contributed by atoms with Gasteiger partial charge in [0.25, 0.3) is 0 Å². The molecule has 1 spiro atoms. The van der Waals surface area contributed by atoms with Crippen molar-refractivity contribution in [3.8, 4) is 5.75 Å². The van der Waals surface area contributed by atoms with Gasteiger partial charge in [-0.25, -0.2) is 0 Å². The van der Waals surface area contributed by atoms with Crippen molar-refractivity contribution in [2.45, 2.75) is 24.5 Å². The van der Waals surface area contributed by atoms with Crippen LogP contribution in [0, 0.1) is 0 Å². The van der Waals surface area contributed by atoms with E-state index in [9.17, 15) is 4.79 Å². The summed E-state index contributed by atoms with van der Waals surface area (Å²) in [7, 11) is 3.41. The van der Waals surface area contributed by atoms with Crippen molar-refractivity contribution in [1.29, 1.82) is 0 Å². The van der Waals surface area contributed by atoms with Gasteiger partial charge in [-0.2, -0.15) is 0 Å². The normalized spacial score (nSPS) is 28.8. The molecule has 0 fully saturated rings. The quantitative estimate of drug-likeness (QED) is 0.840. The molecule has 114 valence electrons. The maximum Gasteiger partial charge on any atom is 0.247 e. The van der Waals surface area contributed by atoms with Gasteiger partial charge in [0.1, 0.15) is 5.75 Å². The van der Waals surface area contributed by atoms with E-state index in [1.54, 1.807) is 20.3 Å². The van der Waals surface area contributed by atoms with E-state index in [-0.39, 0.29) is 17.6 Å². The van der Waals surface area contributed by atoms with Crippen molar-refractivity contribution in [3.63, 3.8) is 0 Å². The number of amides is 1. The van der Waals surface area contributed by atoms with E-state index < -0.39 is 0 Å². The van der Waals surface area contributed by atoms with Gasteiger partial charge in [-0.05, 0) is 35.3 Å². The Labute approximate surface area is 130 Å². The molecule has 1 aliphatic carbocycles. The first-order chi connectivity index (χ1) is 10.7. The zero-order valence-corrected chi connectivity index (χ0v) is 12.8. The van der Waals surface area contributed by atoms with Crippen LogP contribution >= 0.6 is 0 Å². The molecule has 0 unspecified atom stereocenters. The van der Waals surface area contributed by atoms with Gasteiger partial charge in [0, 0.05) is 26.2 Å². The second-order valence-electron chi connectivity index (χ2n) is 6.06. The fourth-order valence-corrected chi connectivity index (χ4v) is 4.07. The van der Waals surface area contributed by atoms with E-state index in [0.29, 0.717) is 0 Å². The topological polar surface area (TPSA) is 38.8 Å². The first kappa shape index (κ1) is 13.6. The molecule has 2 aliphatic heterocycles. The summed E-state index contributed by atoms with van der Waals surface area (Å²) in [6.45, 7) is 0.739. The van der Waals surface area contributed by atoms with Crippen LogP contribution in [-0.4, -0.2) is 37.7 Å². The van der Waals surface area contributed by atoms with Crippen molar-refractivity contribution < 1.29 is 14.3 Å². The van der Waals surface area contributed by atoms with Crippen LogP contribution in [0.1, 0.15) is 17.5 Å². The van der Waals surface area contributed by atoms with Gasteiger partial charge in [0.15, 0.2) is 0 Å². The lowest BCUT2D eigenvalue weighted by atomic mass is 9.71. The molecule has 0 saturated heterocycles. The molecule has 0 N–H and O–H groups in total. The van der Waals surface area contributed by atoms with Crippen LogP contribution in [0.2, 0.25) is 0 Å². The number of hydrogen-bond donors (Lipinski definition) is 0. The van der Waals surface area contributed by atoms with Crippen LogP contribution in [0.5, 0.6) is 5.75 Å². The standard InChI is InChI=1S/C18H19NO3/c1-21-14-5-6-16-12(9-14)7-8-19-17(20)10-13-3-4-15(22-2)11-18(13,16)19/h3-6,9-10,15H,7-8,11H2,1-2H3/t15-,18-/m0/s1. The Morgan fingerprint density at radius 2 is 2.18 bits per heavy atom. The highest BCUT2D eigenvalue weighted by Gasteiger charge is 2.52. The molecule has 4 nitrogen and oxygen atoms in total. The minimum Gasteiger partial charge on any atom is -0.497 e. The van der Waals surface area contributed by atoms with Crippen molar-refractivity contribution in [2.75, 3.05) is 20.8 Å². The SMILES string of the molecule is COc1ccc2c(c1)CCN1C(=O)C=C3C=C[C@H](OC)C[C@]321. The van der Waals surface area contributed by atoms with E-state index in [4.69, 9.17) is 9.47 Å². The van der Waals surface area contributed by atoms with E-state index in [1.807, 2.05) is 17.0 Å². The summed E-state index contributed by atoms with van der Waals surface area (Å²) in [5.41, 5.74) is 3.19. The molecular weight excluding hydrogens is 278 g/mol. The molecule has 2 atom stereocenters. The van der Waals surface area contributed by atoms with Gasteiger partial charge in [0.2, 0.25) is 5.91 Å². The minimum atomic E-state index is -0.369. The highest BCUT2D eigenvalue weighted by molar-refractivity contribution is 5.95. The Hall–Kier alpha value is -2.07. The number of rotatable bonds is 2. The highest BCUT2D eigenvalue weighted by Crippen LogP contribution is 2.51. The molecule has 0 aromatic heterocycles. The van der Waals surface area contributed by atoms with Gasteiger partial charge < -0.3 is 14.4 Å². The van der Waals surface area contributed by atoms with Crippen molar-refractivity contribution in [2.24, 2.45) is 0 Å². The molecule has 0 saturated carbocycles. The lowest BCUT2D eigenvalue weighted by Crippen LogP contribution is -2.52. The summed E-state index contributed by atoms with van der Waals surface area (Å²) < 4.78 is 10.9. The van der Waals surface area contributed by atoms with E-state index in [0.717, 1.165) is 30.7 Å². The van der Waals surface area contributed by atoms with Crippen LogP contribution in [-0.2, 0) is 21.5 Å². The van der Waals surface area contributed by atoms with Crippen LogP contribution in [0.25, 0.3) is 0 Å². The van der Waals surface area contributed by atoms with E-state index >= 15 is 0 Å². The molecule has 0 bridgehead atoms. The number of carbonyl (C=O) groups excluding carboxylic acids is 1. The monoisotopic (exact) mass is 297 g/mol. The third-order valence-corrected chi connectivity index (χ3v) is 5.14. The van der Waals surface area contributed by atoms with Crippen molar-refractivity contribution >= 4 is 5.91 Å². The second kappa shape index (κ2) is 4.71. The summed E-state index contributed by atoms with van der Waals surface area (Å²) in [4.78, 5) is 14.5. The van der Waals surface area contributed by atoms with Gasteiger partial charge in [0.05, 0.1) is 18.8 Å². The van der Waals surface area contributed by atoms with Crippen LogP contribution in [0.3, 0.4) is 0 Å². The Balaban J connectivity index is 1.91. The molecule has 0 radical (unpaired) electrons. The fraction of sp³-hybridized carbons (Fsp3) is 0.389. The third-order valence-electron chi connectivity index (χ3n) is 5.14. The summed E-state index contributed by atoms with van der Waals surface area (Å²) in [6, 6.07) is 6.19. The molecule has 22 heavy (non-hydrogen) atoms. The molecule has 3 aliphatic rings. The Bertz CT molecular complexity index is 706. The number of ether oxygens (including phenoxy) is 2. The third kappa shape index (κ3) is 1.64. The smallest absolute Gasteiger partial charge is 0.247 e. The molecule has 1 aromatic carbocycles. The number of carbonyl (C=O) groups is 1. The number of hydrogen-bond acceptors (Lipinski definition) is 3. The molecular formula is C18H19NO3. The largest absolute Gasteiger partial charge is 0.497 e. The highest BCUT2D eigenvalue weighted by atomic mass is 16.5. The zero-order chi connectivity index (χ0) is 15.3. The Morgan fingerprint density at radius 3 is 2.95 bits per heavy atom. The number of nitrogens with zero attached hydrogens (tertiary/aromatic N) is 1. The maximum atomic E-state index is 12.4. The summed E-state index contributed by atoms with van der Waals surface area (Å²) in [5, 5.41) is 0. The minimum absolute atomic E-state index is 0.0265. The van der Waals surface area contributed by atoms with E-state index in [2.05, 4.69) is 18.2 Å². The molecule has 4 heteroatoms. The lowest BCUT2D eigenvalue weighted by Gasteiger charge is -2.48. The lowest BCUT2D eigenvalue weighted by molar-refractivity contribution is -0.130. The maximum absolute atomic E-state index is 12.4. The van der Waals surface area contributed by atoms with Gasteiger partial charge in [-0.3, -0.25) is 4.79 Å². The zero-order valence-electron chi connectivity index (χ0n) is 12.8. The average molecular weight is 297 g/mol. The number of benzene rings is 1. The second-order valence-corrected chi connectivity index (χ2v) is 6.06. The predicted octanol–water partition coefficient (Wildman–Crippen LogP) is 2.19. The fourth-order valence-electron chi connectivity index (χ4n) is 4.07. The molecule has 1 amide bonds. The summed E-state index contributed by atoms with van der Waals surface area (Å²) >= 11 is 0. The Morgan fingerprint density at radius 1 is 1.32 bits per heavy atom. The van der Waals surface area contributed by atoms with Gasteiger partial charge in [-0.1, -0.05) is 18.2 Å². The summed E-state index contributed by atoms with van der Waals surface area (Å²) in [6.07, 6.45) is 7.54. The number of methoxy groups -OCH3 is 2. The van der Waals surface area contributed by atoms with Crippen molar-refractivity contribution in [1.82, 2.24) is 4.90 Å². The van der Waals surface area contributed by atoms with Crippen molar-refractivity contribution in [3.05, 3.63) is 53.1 Å². The van der Waals surface area contributed by atoms with Crippen LogP contribution in [0.15, 0.2) is 42.0 Å². The average Bonchev–Trinajstić information content (AvgIpc) is 2.85.